The predicted octanol–water partition coefficient (Wildman–Crippen LogP) is 2.21. The number of aromatic nitrogens is 1. The van der Waals surface area contributed by atoms with Gasteiger partial charge in [0.05, 0.1) is 6.61 Å². The van der Waals surface area contributed by atoms with Crippen LogP contribution in [0.5, 0.6) is 0 Å². The molecule has 1 heterocycles. The second-order valence-corrected chi connectivity index (χ2v) is 3.10. The van der Waals surface area contributed by atoms with Gasteiger partial charge in [0, 0.05) is 19.0 Å². The van der Waals surface area contributed by atoms with Crippen molar-refractivity contribution in [3.63, 3.8) is 0 Å². The molecule has 3 nitrogen and oxygen atoms in total. The van der Waals surface area contributed by atoms with Crippen molar-refractivity contribution < 1.29 is 22.7 Å². The Bertz CT molecular complexity index is 377. The fraction of sp³-hybridized carbons (Fsp3) is 0.400. The summed E-state index contributed by atoms with van der Waals surface area (Å²) in [5, 5.41) is 0. The number of alkyl halides is 3. The fourth-order valence-corrected chi connectivity index (χ4v) is 1.08. The number of nitrogens with zero attached hydrogens (tertiary/aromatic N) is 1. The molecule has 0 radical (unpaired) electrons. The highest BCUT2D eigenvalue weighted by Crippen LogP contribution is 2.27. The number of carbonyl (C=O) groups excluding carboxylic acids is 1. The number of ether oxygens (including phenoxy) is 1. The Morgan fingerprint density at radius 1 is 1.44 bits per heavy atom. The van der Waals surface area contributed by atoms with Gasteiger partial charge in [-0.1, -0.05) is 6.07 Å². The van der Waals surface area contributed by atoms with Crippen molar-refractivity contribution in [3.8, 4) is 0 Å². The summed E-state index contributed by atoms with van der Waals surface area (Å²) in [6.07, 6.45) is -4.28. The van der Waals surface area contributed by atoms with Crippen molar-refractivity contribution >= 4 is 5.97 Å². The monoisotopic (exact) mass is 233 g/mol. The third-order valence-corrected chi connectivity index (χ3v) is 1.76. The zero-order valence-corrected chi connectivity index (χ0v) is 8.54. The second kappa shape index (κ2) is 4.96. The predicted molar refractivity (Wildman–Crippen MR) is 49.6 cm³/mol. The van der Waals surface area contributed by atoms with Crippen LogP contribution in [0.25, 0.3) is 0 Å². The Kier molecular flexibility index (Phi) is 3.87. The molecular weight excluding hydrogens is 223 g/mol. The van der Waals surface area contributed by atoms with Gasteiger partial charge in [-0.25, -0.2) is 4.98 Å². The Morgan fingerprint density at radius 2 is 2.12 bits per heavy atom. The average molecular weight is 233 g/mol. The Balaban J connectivity index is 2.64. The minimum atomic E-state index is -4.45. The number of hydrogen-bond donors (Lipinski definition) is 0. The highest BCUT2D eigenvalue weighted by Gasteiger charge is 2.32. The summed E-state index contributed by atoms with van der Waals surface area (Å²) in [5.74, 6) is -0.466. The van der Waals surface area contributed by atoms with Crippen LogP contribution in [-0.2, 0) is 22.1 Å². The number of rotatable bonds is 3. The van der Waals surface area contributed by atoms with Gasteiger partial charge in [0.15, 0.2) is 0 Å². The maximum Gasteiger partial charge on any atom is 0.433 e. The van der Waals surface area contributed by atoms with Gasteiger partial charge in [-0.05, 0) is 12.1 Å². The average Bonchev–Trinajstić information content (AvgIpc) is 2.16. The summed E-state index contributed by atoms with van der Waals surface area (Å²) in [4.78, 5) is 13.9. The molecule has 0 aromatic carbocycles. The van der Waals surface area contributed by atoms with Crippen LogP contribution in [0.2, 0.25) is 0 Å². The Hall–Kier alpha value is -1.59. The molecule has 0 saturated heterocycles. The van der Waals surface area contributed by atoms with Crippen LogP contribution in [0, 0.1) is 0 Å². The lowest BCUT2D eigenvalue weighted by Crippen LogP contribution is -2.10. The number of hydrogen-bond acceptors (Lipinski definition) is 3. The molecule has 0 saturated carbocycles. The molecule has 0 N–H and O–H groups in total. The first kappa shape index (κ1) is 12.5. The van der Waals surface area contributed by atoms with Gasteiger partial charge in [0.25, 0.3) is 0 Å². The molecular formula is C10H10F3NO2. The van der Waals surface area contributed by atoms with E-state index in [1.807, 2.05) is 0 Å². The lowest BCUT2D eigenvalue weighted by Gasteiger charge is -2.07. The standard InChI is InChI=1S/C10H10F3NO2/c1-7(15)16-6-5-8-3-2-4-9(14-8)10(11,12)13/h2-4H,5-6H2,1H3. The van der Waals surface area contributed by atoms with Crippen molar-refractivity contribution in [2.24, 2.45) is 0 Å². The summed E-state index contributed by atoms with van der Waals surface area (Å²) >= 11 is 0. The van der Waals surface area contributed by atoms with Gasteiger partial charge in [-0.2, -0.15) is 13.2 Å². The number of esters is 1. The normalized spacial score (nSPS) is 11.2. The van der Waals surface area contributed by atoms with E-state index in [0.717, 1.165) is 6.07 Å². The van der Waals surface area contributed by atoms with Crippen LogP contribution in [-0.4, -0.2) is 17.6 Å². The summed E-state index contributed by atoms with van der Waals surface area (Å²) in [6.45, 7) is 1.27. The largest absolute Gasteiger partial charge is 0.465 e. The number of halogens is 3. The first-order valence-electron chi connectivity index (χ1n) is 4.56. The zero-order chi connectivity index (χ0) is 12.2. The van der Waals surface area contributed by atoms with Crippen molar-refractivity contribution in [3.05, 3.63) is 29.6 Å². The molecule has 0 bridgehead atoms. The first-order chi connectivity index (χ1) is 7.39. The first-order valence-corrected chi connectivity index (χ1v) is 4.56. The zero-order valence-electron chi connectivity index (χ0n) is 8.54. The van der Waals surface area contributed by atoms with Crippen LogP contribution in [0.15, 0.2) is 18.2 Å². The summed E-state index contributed by atoms with van der Waals surface area (Å²) in [6, 6.07) is 3.63. The van der Waals surface area contributed by atoms with Crippen LogP contribution >= 0.6 is 0 Å². The minimum Gasteiger partial charge on any atom is -0.465 e. The molecule has 0 atom stereocenters. The molecule has 0 spiro atoms. The lowest BCUT2D eigenvalue weighted by molar-refractivity contribution is -0.142. The van der Waals surface area contributed by atoms with Crippen molar-refractivity contribution in [1.29, 1.82) is 0 Å². The maximum absolute atomic E-state index is 12.3. The Labute approximate surface area is 90.2 Å². The van der Waals surface area contributed by atoms with Gasteiger partial charge in [-0.3, -0.25) is 4.79 Å². The third-order valence-electron chi connectivity index (χ3n) is 1.76. The lowest BCUT2D eigenvalue weighted by atomic mass is 10.2. The fourth-order valence-electron chi connectivity index (χ4n) is 1.08. The molecule has 0 amide bonds. The van der Waals surface area contributed by atoms with E-state index >= 15 is 0 Å². The molecule has 0 unspecified atom stereocenters. The highest BCUT2D eigenvalue weighted by molar-refractivity contribution is 5.65. The van der Waals surface area contributed by atoms with Gasteiger partial charge in [0.1, 0.15) is 5.69 Å². The van der Waals surface area contributed by atoms with Crippen LogP contribution in [0.3, 0.4) is 0 Å². The molecule has 0 aliphatic carbocycles. The number of carbonyl (C=O) groups is 1. The van der Waals surface area contributed by atoms with Crippen LogP contribution in [0.1, 0.15) is 18.3 Å². The molecule has 0 fully saturated rings. The second-order valence-electron chi connectivity index (χ2n) is 3.10. The summed E-state index contributed by atoms with van der Waals surface area (Å²) < 4.78 is 41.4. The van der Waals surface area contributed by atoms with E-state index in [2.05, 4.69) is 9.72 Å². The van der Waals surface area contributed by atoms with E-state index in [4.69, 9.17) is 0 Å². The Morgan fingerprint density at radius 3 is 2.69 bits per heavy atom. The molecule has 0 aliphatic heterocycles. The van der Waals surface area contributed by atoms with E-state index in [1.54, 1.807) is 0 Å². The molecule has 0 aliphatic rings. The molecule has 88 valence electrons. The quantitative estimate of drug-likeness (QED) is 0.751. The number of pyridine rings is 1. The maximum atomic E-state index is 12.3. The van der Waals surface area contributed by atoms with Crippen molar-refractivity contribution in [1.82, 2.24) is 4.98 Å². The summed E-state index contributed by atoms with van der Waals surface area (Å²) in [7, 11) is 0. The minimum absolute atomic E-state index is 0.0314. The smallest absolute Gasteiger partial charge is 0.433 e. The summed E-state index contributed by atoms with van der Waals surface area (Å²) in [5.41, 5.74) is -0.691. The SMILES string of the molecule is CC(=O)OCCc1cccc(C(F)(F)F)n1. The van der Waals surface area contributed by atoms with Crippen molar-refractivity contribution in [2.75, 3.05) is 6.61 Å². The molecule has 1 rings (SSSR count). The topological polar surface area (TPSA) is 39.2 Å². The van der Waals surface area contributed by atoms with Gasteiger partial charge < -0.3 is 4.74 Å². The van der Waals surface area contributed by atoms with Gasteiger partial charge in [0.2, 0.25) is 0 Å². The van der Waals surface area contributed by atoms with E-state index in [9.17, 15) is 18.0 Å². The highest BCUT2D eigenvalue weighted by atomic mass is 19.4. The van der Waals surface area contributed by atoms with Gasteiger partial charge in [-0.15, -0.1) is 0 Å². The van der Waals surface area contributed by atoms with Crippen LogP contribution < -0.4 is 0 Å². The third kappa shape index (κ3) is 3.88. The molecule has 1 aromatic heterocycles. The molecule has 1 aromatic rings. The molecule has 6 heteroatoms. The van der Waals surface area contributed by atoms with E-state index in [-0.39, 0.29) is 18.7 Å². The molecule has 16 heavy (non-hydrogen) atoms. The van der Waals surface area contributed by atoms with E-state index in [1.165, 1.54) is 19.1 Å². The van der Waals surface area contributed by atoms with Crippen LogP contribution in [0.4, 0.5) is 13.2 Å². The van der Waals surface area contributed by atoms with Crippen molar-refractivity contribution in [2.45, 2.75) is 19.5 Å². The van der Waals surface area contributed by atoms with E-state index < -0.39 is 17.8 Å². The van der Waals surface area contributed by atoms with E-state index in [0.29, 0.717) is 0 Å². The van der Waals surface area contributed by atoms with Gasteiger partial charge >= 0.3 is 12.1 Å².